The zero-order chi connectivity index (χ0) is 19.3. The highest BCUT2D eigenvalue weighted by atomic mass is 35.5. The number of aromatic nitrogens is 5. The molecule has 4 rings (SSSR count). The molecule has 28 heavy (non-hydrogen) atoms. The van der Waals surface area contributed by atoms with Crippen molar-refractivity contribution in [2.45, 2.75) is 19.1 Å². The Balaban J connectivity index is 1.41. The second-order valence-corrected chi connectivity index (χ2v) is 6.55. The molecule has 0 radical (unpaired) electrons. The molecule has 0 aliphatic carbocycles. The maximum Gasteiger partial charge on any atom is 0.253 e. The Kier molecular flexibility index (Phi) is 5.45. The molecule has 1 fully saturated rings. The summed E-state index contributed by atoms with van der Waals surface area (Å²) in [5.74, 6) is 0.453. The number of benzene rings is 1. The van der Waals surface area contributed by atoms with Gasteiger partial charge in [0.1, 0.15) is 11.1 Å². The lowest BCUT2D eigenvalue weighted by Gasteiger charge is -2.12. The Morgan fingerprint density at radius 1 is 1.36 bits per heavy atom. The number of halogens is 1. The van der Waals surface area contributed by atoms with Crippen LogP contribution in [0.5, 0.6) is 5.88 Å². The fourth-order valence-electron chi connectivity index (χ4n) is 2.75. The summed E-state index contributed by atoms with van der Waals surface area (Å²) >= 11 is 6.21. The van der Waals surface area contributed by atoms with E-state index in [4.69, 9.17) is 21.1 Å². The molecule has 3 aromatic rings. The van der Waals surface area contributed by atoms with E-state index in [1.54, 1.807) is 4.68 Å². The highest BCUT2D eigenvalue weighted by Crippen LogP contribution is 2.25. The van der Waals surface area contributed by atoms with Crippen LogP contribution in [0.3, 0.4) is 0 Å². The van der Waals surface area contributed by atoms with Gasteiger partial charge in [-0.05, 0) is 28.6 Å². The smallest absolute Gasteiger partial charge is 0.253 e. The summed E-state index contributed by atoms with van der Waals surface area (Å²) in [5.41, 5.74) is 1.12. The number of hydrogen-bond acceptors (Lipinski definition) is 7. The minimum atomic E-state index is -0.340. The van der Waals surface area contributed by atoms with Crippen molar-refractivity contribution < 1.29 is 14.3 Å². The molecule has 1 aromatic carbocycles. The van der Waals surface area contributed by atoms with Gasteiger partial charge in [-0.1, -0.05) is 29.8 Å². The van der Waals surface area contributed by atoms with E-state index >= 15 is 0 Å². The molecule has 2 aromatic heterocycles. The minimum Gasteiger partial charge on any atom is -0.471 e. The lowest BCUT2D eigenvalue weighted by atomic mass is 10.2. The van der Waals surface area contributed by atoms with Gasteiger partial charge in [0.15, 0.2) is 5.82 Å². The monoisotopic (exact) mass is 400 g/mol. The van der Waals surface area contributed by atoms with Gasteiger partial charge >= 0.3 is 0 Å². The predicted molar refractivity (Wildman–Crippen MR) is 99.4 cm³/mol. The van der Waals surface area contributed by atoms with Gasteiger partial charge < -0.3 is 14.8 Å². The molecule has 144 valence electrons. The van der Waals surface area contributed by atoms with Crippen LogP contribution in [0.25, 0.3) is 5.69 Å². The summed E-state index contributed by atoms with van der Waals surface area (Å²) < 4.78 is 12.5. The van der Waals surface area contributed by atoms with Crippen LogP contribution < -0.4 is 10.1 Å². The summed E-state index contributed by atoms with van der Waals surface area (Å²) in [5, 5.41) is 14.6. The van der Waals surface area contributed by atoms with Gasteiger partial charge in [0.05, 0.1) is 31.0 Å². The lowest BCUT2D eigenvalue weighted by Crippen LogP contribution is -2.25. The second-order valence-electron chi connectivity index (χ2n) is 6.14. The summed E-state index contributed by atoms with van der Waals surface area (Å²) in [6, 6.07) is 10.9. The molecule has 9 nitrogen and oxygen atoms in total. The van der Waals surface area contributed by atoms with Crippen molar-refractivity contribution in [3.8, 4) is 11.6 Å². The van der Waals surface area contributed by atoms with Crippen LogP contribution in [0.1, 0.15) is 22.6 Å². The molecular formula is C18H17ClN6O3. The SMILES string of the molecule is O=C(NCc1nnnn1-c1ccccc1)c1cnc(OC2CCOC2)c(Cl)c1. The highest BCUT2D eigenvalue weighted by Gasteiger charge is 2.20. The van der Waals surface area contributed by atoms with Gasteiger partial charge in [0, 0.05) is 12.6 Å². The first kappa shape index (κ1) is 18.3. The number of amides is 1. The molecule has 0 bridgehead atoms. The molecule has 1 N–H and O–H groups in total. The van der Waals surface area contributed by atoms with E-state index in [2.05, 4.69) is 25.8 Å². The van der Waals surface area contributed by atoms with E-state index in [1.807, 2.05) is 30.3 Å². The first-order valence-corrected chi connectivity index (χ1v) is 9.09. The van der Waals surface area contributed by atoms with Crippen LogP contribution >= 0.6 is 11.6 Å². The van der Waals surface area contributed by atoms with Gasteiger partial charge in [-0.15, -0.1) is 5.10 Å². The highest BCUT2D eigenvalue weighted by molar-refractivity contribution is 6.32. The maximum absolute atomic E-state index is 12.4. The fourth-order valence-corrected chi connectivity index (χ4v) is 2.96. The van der Waals surface area contributed by atoms with Crippen molar-refractivity contribution in [2.75, 3.05) is 13.2 Å². The number of ether oxygens (including phenoxy) is 2. The van der Waals surface area contributed by atoms with Crippen LogP contribution in [-0.2, 0) is 11.3 Å². The standard InChI is InChI=1S/C18H17ClN6O3/c19-15-8-12(9-21-18(15)28-14-6-7-27-11-14)17(26)20-10-16-22-23-24-25(16)13-4-2-1-3-5-13/h1-5,8-9,14H,6-7,10-11H2,(H,20,26). The number of rotatable bonds is 6. The molecule has 10 heteroatoms. The summed E-state index contributed by atoms with van der Waals surface area (Å²) in [7, 11) is 0. The normalized spacial score (nSPS) is 16.1. The van der Waals surface area contributed by atoms with Crippen LogP contribution in [0.15, 0.2) is 42.6 Å². The second kappa shape index (κ2) is 8.32. The minimum absolute atomic E-state index is 0.0680. The Labute approximate surface area is 165 Å². The molecule has 1 aliphatic rings. The molecule has 3 heterocycles. The number of carbonyl (C=O) groups is 1. The third-order valence-corrected chi connectivity index (χ3v) is 4.45. The number of hydrogen-bond donors (Lipinski definition) is 1. The van der Waals surface area contributed by atoms with Crippen molar-refractivity contribution in [3.63, 3.8) is 0 Å². The van der Waals surface area contributed by atoms with Gasteiger partial charge in [0.2, 0.25) is 5.88 Å². The Morgan fingerprint density at radius 2 is 2.21 bits per heavy atom. The first-order chi connectivity index (χ1) is 13.7. The molecule has 1 aliphatic heterocycles. The zero-order valence-electron chi connectivity index (χ0n) is 14.8. The van der Waals surface area contributed by atoms with Crippen molar-refractivity contribution >= 4 is 17.5 Å². The number of pyridine rings is 1. The fraction of sp³-hybridized carbons (Fsp3) is 0.278. The average Bonchev–Trinajstić information content (AvgIpc) is 3.40. The third kappa shape index (κ3) is 4.10. The number of tetrazole rings is 1. The molecule has 1 saturated heterocycles. The van der Waals surface area contributed by atoms with Crippen molar-refractivity contribution in [1.82, 2.24) is 30.5 Å². The first-order valence-electron chi connectivity index (χ1n) is 8.71. The van der Waals surface area contributed by atoms with E-state index in [0.717, 1.165) is 12.1 Å². The summed E-state index contributed by atoms with van der Waals surface area (Å²) in [6.07, 6.45) is 2.14. The van der Waals surface area contributed by atoms with Gasteiger partial charge in [-0.3, -0.25) is 4.79 Å². The van der Waals surface area contributed by atoms with E-state index in [1.165, 1.54) is 12.3 Å². The topological polar surface area (TPSA) is 104 Å². The quantitative estimate of drug-likeness (QED) is 0.672. The molecule has 1 atom stereocenters. The van der Waals surface area contributed by atoms with Crippen LogP contribution in [-0.4, -0.2) is 50.4 Å². The molecule has 1 unspecified atom stereocenters. The average molecular weight is 401 g/mol. The molecule has 1 amide bonds. The predicted octanol–water partition coefficient (Wildman–Crippen LogP) is 1.81. The number of carbonyl (C=O) groups excluding carboxylic acids is 1. The molecule has 0 saturated carbocycles. The van der Waals surface area contributed by atoms with Gasteiger partial charge in [-0.2, -0.15) is 4.68 Å². The maximum atomic E-state index is 12.4. The lowest BCUT2D eigenvalue weighted by molar-refractivity contribution is 0.0949. The van der Waals surface area contributed by atoms with Crippen molar-refractivity contribution in [2.24, 2.45) is 0 Å². The number of nitrogens with zero attached hydrogens (tertiary/aromatic N) is 5. The van der Waals surface area contributed by atoms with Crippen molar-refractivity contribution in [3.05, 3.63) is 59.0 Å². The van der Waals surface area contributed by atoms with Crippen LogP contribution in [0.2, 0.25) is 5.02 Å². The summed E-state index contributed by atoms with van der Waals surface area (Å²) in [4.78, 5) is 16.6. The van der Waals surface area contributed by atoms with Crippen molar-refractivity contribution in [1.29, 1.82) is 0 Å². The molecular weight excluding hydrogens is 384 g/mol. The van der Waals surface area contributed by atoms with E-state index < -0.39 is 0 Å². The molecule has 0 spiro atoms. The Hall–Kier alpha value is -3.04. The summed E-state index contributed by atoms with van der Waals surface area (Å²) in [6.45, 7) is 1.32. The Morgan fingerprint density at radius 3 is 2.96 bits per heavy atom. The van der Waals surface area contributed by atoms with E-state index in [9.17, 15) is 4.79 Å². The van der Waals surface area contributed by atoms with Gasteiger partial charge in [-0.25, -0.2) is 4.98 Å². The number of para-hydroxylation sites is 1. The Bertz CT molecular complexity index is 959. The van der Waals surface area contributed by atoms with E-state index in [0.29, 0.717) is 30.5 Å². The zero-order valence-corrected chi connectivity index (χ0v) is 15.5. The van der Waals surface area contributed by atoms with Crippen LogP contribution in [0, 0.1) is 0 Å². The van der Waals surface area contributed by atoms with E-state index in [-0.39, 0.29) is 23.6 Å². The third-order valence-electron chi connectivity index (χ3n) is 4.18. The van der Waals surface area contributed by atoms with Crippen LogP contribution in [0.4, 0.5) is 0 Å². The number of nitrogens with one attached hydrogen (secondary N) is 1. The largest absolute Gasteiger partial charge is 0.471 e. The van der Waals surface area contributed by atoms with Gasteiger partial charge in [0.25, 0.3) is 5.91 Å².